The van der Waals surface area contributed by atoms with Crippen LogP contribution in [0.3, 0.4) is 0 Å². The number of aromatic nitrogens is 1. The number of pyridine rings is 1. The van der Waals surface area contributed by atoms with Crippen LogP contribution in [0.15, 0.2) is 30.5 Å². The topological polar surface area (TPSA) is 24.9 Å². The summed E-state index contributed by atoms with van der Waals surface area (Å²) in [6.07, 6.45) is 2.79. The molecule has 0 aliphatic rings. The van der Waals surface area contributed by atoms with Gasteiger partial charge in [0.1, 0.15) is 0 Å². The van der Waals surface area contributed by atoms with Gasteiger partial charge in [-0.15, -0.1) is 6.58 Å². The second-order valence-corrected chi connectivity index (χ2v) is 3.76. The van der Waals surface area contributed by atoms with Crippen LogP contribution in [0.25, 0.3) is 0 Å². The standard InChI is InChI=1S/C12H18N2/c1-9(2)7-11(13-4)12-8-10(3)5-6-14-12/h5-6,8,11,13H,1,7H2,2-4H3. The second-order valence-electron chi connectivity index (χ2n) is 3.76. The average Bonchev–Trinajstić information content (AvgIpc) is 2.14. The van der Waals surface area contributed by atoms with Crippen LogP contribution in [0.1, 0.15) is 30.6 Å². The van der Waals surface area contributed by atoms with E-state index < -0.39 is 0 Å². The minimum atomic E-state index is 0.285. The summed E-state index contributed by atoms with van der Waals surface area (Å²) in [4.78, 5) is 4.36. The number of aryl methyl sites for hydroxylation is 1. The maximum Gasteiger partial charge on any atom is 0.0578 e. The van der Waals surface area contributed by atoms with Gasteiger partial charge in [0.2, 0.25) is 0 Å². The van der Waals surface area contributed by atoms with E-state index in [2.05, 4.69) is 29.9 Å². The van der Waals surface area contributed by atoms with Crippen molar-refractivity contribution in [1.82, 2.24) is 10.3 Å². The number of rotatable bonds is 4. The summed E-state index contributed by atoms with van der Waals surface area (Å²) in [5, 5.41) is 3.25. The molecule has 0 saturated carbocycles. The summed E-state index contributed by atoms with van der Waals surface area (Å²) in [6, 6.07) is 4.41. The molecule has 0 radical (unpaired) electrons. The molecule has 0 fully saturated rings. The van der Waals surface area contributed by atoms with Gasteiger partial charge in [-0.3, -0.25) is 4.98 Å². The lowest BCUT2D eigenvalue weighted by atomic mass is 10.0. The van der Waals surface area contributed by atoms with Crippen molar-refractivity contribution in [2.24, 2.45) is 0 Å². The Kier molecular flexibility index (Phi) is 3.84. The van der Waals surface area contributed by atoms with Gasteiger partial charge in [0.25, 0.3) is 0 Å². The van der Waals surface area contributed by atoms with Gasteiger partial charge in [-0.05, 0) is 45.0 Å². The molecular formula is C12H18N2. The quantitative estimate of drug-likeness (QED) is 0.738. The predicted octanol–water partition coefficient (Wildman–Crippen LogP) is 2.62. The minimum absolute atomic E-state index is 0.285. The lowest BCUT2D eigenvalue weighted by molar-refractivity contribution is 0.573. The first-order valence-corrected chi connectivity index (χ1v) is 4.87. The average molecular weight is 190 g/mol. The van der Waals surface area contributed by atoms with E-state index in [-0.39, 0.29) is 6.04 Å². The van der Waals surface area contributed by atoms with Gasteiger partial charge in [-0.1, -0.05) is 5.57 Å². The van der Waals surface area contributed by atoms with Crippen molar-refractivity contribution in [3.63, 3.8) is 0 Å². The van der Waals surface area contributed by atoms with Crippen molar-refractivity contribution in [2.75, 3.05) is 7.05 Å². The number of hydrogen-bond acceptors (Lipinski definition) is 2. The maximum absolute atomic E-state index is 4.36. The summed E-state index contributed by atoms with van der Waals surface area (Å²) in [7, 11) is 1.96. The molecule has 1 atom stereocenters. The Morgan fingerprint density at radius 2 is 2.36 bits per heavy atom. The molecule has 0 aliphatic heterocycles. The molecule has 1 aromatic heterocycles. The Morgan fingerprint density at radius 1 is 1.64 bits per heavy atom. The summed E-state index contributed by atoms with van der Waals surface area (Å²) < 4.78 is 0. The zero-order chi connectivity index (χ0) is 10.6. The highest BCUT2D eigenvalue weighted by atomic mass is 14.9. The third-order valence-electron chi connectivity index (χ3n) is 2.19. The minimum Gasteiger partial charge on any atom is -0.311 e. The zero-order valence-electron chi connectivity index (χ0n) is 9.17. The van der Waals surface area contributed by atoms with Crippen LogP contribution >= 0.6 is 0 Å². The fourth-order valence-electron chi connectivity index (χ4n) is 1.45. The van der Waals surface area contributed by atoms with Gasteiger partial charge < -0.3 is 5.32 Å². The highest BCUT2D eigenvalue weighted by Crippen LogP contribution is 2.18. The third-order valence-corrected chi connectivity index (χ3v) is 2.19. The van der Waals surface area contributed by atoms with Crippen molar-refractivity contribution in [2.45, 2.75) is 26.3 Å². The van der Waals surface area contributed by atoms with E-state index in [4.69, 9.17) is 0 Å². The highest BCUT2D eigenvalue weighted by Gasteiger charge is 2.10. The lowest BCUT2D eigenvalue weighted by Gasteiger charge is -2.15. The summed E-state index contributed by atoms with van der Waals surface area (Å²) >= 11 is 0. The van der Waals surface area contributed by atoms with Crippen LogP contribution in [-0.4, -0.2) is 12.0 Å². The Balaban J connectivity index is 2.83. The monoisotopic (exact) mass is 190 g/mol. The Morgan fingerprint density at radius 3 is 2.86 bits per heavy atom. The molecule has 1 heterocycles. The van der Waals surface area contributed by atoms with Crippen molar-refractivity contribution in [3.8, 4) is 0 Å². The predicted molar refractivity (Wildman–Crippen MR) is 60.2 cm³/mol. The lowest BCUT2D eigenvalue weighted by Crippen LogP contribution is -2.17. The number of nitrogens with one attached hydrogen (secondary N) is 1. The van der Waals surface area contributed by atoms with Gasteiger partial charge >= 0.3 is 0 Å². The van der Waals surface area contributed by atoms with Crippen LogP contribution in [-0.2, 0) is 0 Å². The molecule has 1 unspecified atom stereocenters. The van der Waals surface area contributed by atoms with Crippen LogP contribution < -0.4 is 5.32 Å². The third kappa shape index (κ3) is 2.96. The number of nitrogens with zero attached hydrogens (tertiary/aromatic N) is 1. The summed E-state index contributed by atoms with van der Waals surface area (Å²) in [6.45, 7) is 8.05. The van der Waals surface area contributed by atoms with E-state index in [1.54, 1.807) is 0 Å². The molecule has 1 N–H and O–H groups in total. The first kappa shape index (κ1) is 10.9. The van der Waals surface area contributed by atoms with Gasteiger partial charge in [0, 0.05) is 6.20 Å². The fourth-order valence-corrected chi connectivity index (χ4v) is 1.45. The molecule has 76 valence electrons. The van der Waals surface area contributed by atoms with E-state index in [1.807, 2.05) is 26.2 Å². The molecule has 1 aromatic rings. The molecule has 0 spiro atoms. The van der Waals surface area contributed by atoms with Crippen molar-refractivity contribution < 1.29 is 0 Å². The molecule has 0 amide bonds. The van der Waals surface area contributed by atoms with Crippen LogP contribution in [0.4, 0.5) is 0 Å². The van der Waals surface area contributed by atoms with Gasteiger partial charge in [0.05, 0.1) is 11.7 Å². The maximum atomic E-state index is 4.36. The molecule has 0 aromatic carbocycles. The molecule has 2 nitrogen and oxygen atoms in total. The van der Waals surface area contributed by atoms with Gasteiger partial charge in [-0.25, -0.2) is 0 Å². The Hall–Kier alpha value is -1.15. The molecule has 0 bridgehead atoms. The van der Waals surface area contributed by atoms with Crippen LogP contribution in [0, 0.1) is 6.92 Å². The van der Waals surface area contributed by atoms with Crippen molar-refractivity contribution in [1.29, 1.82) is 0 Å². The molecular weight excluding hydrogens is 172 g/mol. The molecule has 0 saturated heterocycles. The fraction of sp³-hybridized carbons (Fsp3) is 0.417. The van der Waals surface area contributed by atoms with Gasteiger partial charge in [-0.2, -0.15) is 0 Å². The Bertz CT molecular complexity index is 318. The van der Waals surface area contributed by atoms with E-state index in [0.29, 0.717) is 0 Å². The summed E-state index contributed by atoms with van der Waals surface area (Å²) in [5.74, 6) is 0. The molecule has 2 heteroatoms. The van der Waals surface area contributed by atoms with Crippen LogP contribution in [0.2, 0.25) is 0 Å². The van der Waals surface area contributed by atoms with Crippen molar-refractivity contribution >= 4 is 0 Å². The normalized spacial score (nSPS) is 12.5. The van der Waals surface area contributed by atoms with E-state index in [0.717, 1.165) is 12.1 Å². The molecule has 14 heavy (non-hydrogen) atoms. The first-order chi connectivity index (χ1) is 6.63. The van der Waals surface area contributed by atoms with E-state index in [1.165, 1.54) is 11.1 Å². The van der Waals surface area contributed by atoms with E-state index in [9.17, 15) is 0 Å². The first-order valence-electron chi connectivity index (χ1n) is 4.87. The van der Waals surface area contributed by atoms with Crippen molar-refractivity contribution in [3.05, 3.63) is 41.7 Å². The van der Waals surface area contributed by atoms with Crippen LogP contribution in [0.5, 0.6) is 0 Å². The number of hydrogen-bond donors (Lipinski definition) is 1. The zero-order valence-corrected chi connectivity index (χ0v) is 9.17. The highest BCUT2D eigenvalue weighted by molar-refractivity contribution is 5.18. The van der Waals surface area contributed by atoms with Gasteiger partial charge in [0.15, 0.2) is 0 Å². The molecule has 0 aliphatic carbocycles. The largest absolute Gasteiger partial charge is 0.311 e. The SMILES string of the molecule is C=C(C)CC(NC)c1cc(C)ccn1. The van der Waals surface area contributed by atoms with E-state index >= 15 is 0 Å². The summed E-state index contributed by atoms with van der Waals surface area (Å²) in [5.41, 5.74) is 3.51. The second kappa shape index (κ2) is 4.91. The molecule has 1 rings (SSSR count). The Labute approximate surface area is 86.1 Å². The smallest absolute Gasteiger partial charge is 0.0578 e.